The number of rotatable bonds is 4. The summed E-state index contributed by atoms with van der Waals surface area (Å²) in [6, 6.07) is 5.48. The van der Waals surface area contributed by atoms with Crippen LogP contribution in [-0.4, -0.2) is 10.8 Å². The highest BCUT2D eigenvalue weighted by Gasteiger charge is 2.07. The molecule has 0 aromatic carbocycles. The van der Waals surface area contributed by atoms with Gasteiger partial charge in [0.05, 0.1) is 0 Å². The van der Waals surface area contributed by atoms with E-state index in [1.165, 1.54) is 0 Å². The van der Waals surface area contributed by atoms with Gasteiger partial charge in [0.15, 0.2) is 5.78 Å². The fourth-order valence-corrected chi connectivity index (χ4v) is 1.14. The molecule has 1 heterocycles. The summed E-state index contributed by atoms with van der Waals surface area (Å²) < 4.78 is 0. The van der Waals surface area contributed by atoms with Crippen LogP contribution in [0.3, 0.4) is 0 Å². The molecular weight excluding hydrogens is 174 g/mol. The second kappa shape index (κ2) is 4.70. The van der Waals surface area contributed by atoms with E-state index < -0.39 is 0 Å². The van der Waals surface area contributed by atoms with Crippen LogP contribution in [-0.2, 0) is 0 Å². The van der Waals surface area contributed by atoms with E-state index in [1.807, 2.05) is 26.0 Å². The number of nitrogens with zero attached hydrogens (tertiary/aromatic N) is 1. The van der Waals surface area contributed by atoms with Crippen LogP contribution in [0.2, 0.25) is 0 Å². The molecule has 0 bridgehead atoms. The summed E-state index contributed by atoms with van der Waals surface area (Å²) >= 11 is 0. The van der Waals surface area contributed by atoms with Gasteiger partial charge >= 0.3 is 0 Å². The molecule has 0 atom stereocenters. The van der Waals surface area contributed by atoms with E-state index in [2.05, 4.69) is 11.6 Å². The minimum atomic E-state index is 0.0561. The Bertz CT molecular complexity index is 355. The highest BCUT2D eigenvalue weighted by Crippen LogP contribution is 2.09. The molecule has 1 aromatic heterocycles. The number of carbonyl (C=O) groups excluding carboxylic acids is 1. The molecule has 0 aliphatic carbocycles. The van der Waals surface area contributed by atoms with Gasteiger partial charge in [0.1, 0.15) is 5.69 Å². The summed E-state index contributed by atoms with van der Waals surface area (Å²) in [5, 5.41) is 0. The number of Topliss-reactive ketones (excluding diaryl/α,β-unsaturated/α-hetero) is 1. The van der Waals surface area contributed by atoms with Crippen molar-refractivity contribution in [2.45, 2.75) is 26.7 Å². The first-order valence-corrected chi connectivity index (χ1v) is 4.77. The van der Waals surface area contributed by atoms with E-state index in [-0.39, 0.29) is 5.78 Å². The largest absolute Gasteiger partial charge is 0.292 e. The van der Waals surface area contributed by atoms with Crippen LogP contribution in [0.1, 0.15) is 35.9 Å². The zero-order chi connectivity index (χ0) is 10.6. The normalized spacial score (nSPS) is 9.86. The maximum atomic E-state index is 11.6. The van der Waals surface area contributed by atoms with Crippen molar-refractivity contribution < 1.29 is 4.79 Å². The van der Waals surface area contributed by atoms with E-state index in [0.717, 1.165) is 17.7 Å². The highest BCUT2D eigenvalue weighted by atomic mass is 16.1. The maximum Gasteiger partial charge on any atom is 0.185 e. The van der Waals surface area contributed by atoms with Gasteiger partial charge in [-0.15, -0.1) is 0 Å². The van der Waals surface area contributed by atoms with Crippen molar-refractivity contribution in [2.24, 2.45) is 0 Å². The smallest absolute Gasteiger partial charge is 0.185 e. The van der Waals surface area contributed by atoms with Gasteiger partial charge in [0, 0.05) is 12.1 Å². The van der Waals surface area contributed by atoms with Crippen molar-refractivity contribution in [3.63, 3.8) is 0 Å². The van der Waals surface area contributed by atoms with Crippen molar-refractivity contribution in [1.29, 1.82) is 0 Å². The molecular formula is C12H15NO. The fourth-order valence-electron chi connectivity index (χ4n) is 1.14. The Morgan fingerprint density at radius 2 is 2.21 bits per heavy atom. The van der Waals surface area contributed by atoms with E-state index >= 15 is 0 Å². The Labute approximate surface area is 84.7 Å². The molecule has 0 saturated carbocycles. The average molecular weight is 189 g/mol. The Morgan fingerprint density at radius 3 is 2.79 bits per heavy atom. The van der Waals surface area contributed by atoms with Gasteiger partial charge in [-0.25, -0.2) is 0 Å². The molecule has 1 rings (SSSR count). The van der Waals surface area contributed by atoms with Crippen LogP contribution >= 0.6 is 0 Å². The molecule has 0 N–H and O–H groups in total. The molecule has 2 heteroatoms. The Kier molecular flexibility index (Phi) is 3.57. The van der Waals surface area contributed by atoms with Crippen LogP contribution < -0.4 is 0 Å². The van der Waals surface area contributed by atoms with Gasteiger partial charge in [-0.1, -0.05) is 25.1 Å². The van der Waals surface area contributed by atoms with E-state index in [0.29, 0.717) is 12.1 Å². The average Bonchev–Trinajstić information content (AvgIpc) is 2.17. The number of carbonyl (C=O) groups is 1. The Hall–Kier alpha value is -1.44. The van der Waals surface area contributed by atoms with Gasteiger partial charge in [0.25, 0.3) is 0 Å². The number of ketones is 1. The molecule has 2 nitrogen and oxygen atoms in total. The van der Waals surface area contributed by atoms with Crippen molar-refractivity contribution in [3.05, 3.63) is 41.7 Å². The highest BCUT2D eigenvalue weighted by molar-refractivity contribution is 5.95. The lowest BCUT2D eigenvalue weighted by Crippen LogP contribution is -2.03. The van der Waals surface area contributed by atoms with Gasteiger partial charge in [0.2, 0.25) is 0 Å². The lowest BCUT2D eigenvalue weighted by Gasteiger charge is -2.02. The quantitative estimate of drug-likeness (QED) is 0.538. The second-order valence-corrected chi connectivity index (χ2v) is 3.37. The molecule has 0 aliphatic rings. The predicted molar refractivity (Wildman–Crippen MR) is 57.4 cm³/mol. The number of hydrogen-bond donors (Lipinski definition) is 0. The molecule has 0 aliphatic heterocycles. The van der Waals surface area contributed by atoms with Crippen LogP contribution in [0.5, 0.6) is 0 Å². The molecule has 0 unspecified atom stereocenters. The molecule has 0 spiro atoms. The Morgan fingerprint density at radius 1 is 1.50 bits per heavy atom. The number of allylic oxidation sites excluding steroid dienone is 1. The molecule has 14 heavy (non-hydrogen) atoms. The first-order chi connectivity index (χ1) is 6.63. The summed E-state index contributed by atoms with van der Waals surface area (Å²) in [4.78, 5) is 15.8. The molecule has 0 fully saturated rings. The van der Waals surface area contributed by atoms with Crippen LogP contribution in [0.25, 0.3) is 0 Å². The molecule has 0 saturated heterocycles. The standard InChI is InChI=1S/C12H15NO/c1-4-9(2)8-12(14)11-7-5-6-10(3)13-11/h5-7H,2,4,8H2,1,3H3. The number of aryl methyl sites for hydroxylation is 1. The van der Waals surface area contributed by atoms with Crippen molar-refractivity contribution in [1.82, 2.24) is 4.98 Å². The molecule has 0 amide bonds. The minimum absolute atomic E-state index is 0.0561. The summed E-state index contributed by atoms with van der Waals surface area (Å²) in [5.74, 6) is 0.0561. The van der Waals surface area contributed by atoms with E-state index in [1.54, 1.807) is 6.07 Å². The zero-order valence-corrected chi connectivity index (χ0v) is 8.71. The van der Waals surface area contributed by atoms with Crippen LogP contribution in [0.4, 0.5) is 0 Å². The summed E-state index contributed by atoms with van der Waals surface area (Å²) in [5.41, 5.74) is 2.37. The Balaban J connectivity index is 2.75. The molecule has 0 radical (unpaired) electrons. The second-order valence-electron chi connectivity index (χ2n) is 3.37. The monoisotopic (exact) mass is 189 g/mol. The number of hydrogen-bond acceptors (Lipinski definition) is 2. The first-order valence-electron chi connectivity index (χ1n) is 4.77. The molecule has 1 aromatic rings. The van der Waals surface area contributed by atoms with Gasteiger partial charge in [-0.3, -0.25) is 9.78 Å². The summed E-state index contributed by atoms with van der Waals surface area (Å²) in [7, 11) is 0. The van der Waals surface area contributed by atoms with Crippen LogP contribution in [0.15, 0.2) is 30.4 Å². The number of pyridine rings is 1. The zero-order valence-electron chi connectivity index (χ0n) is 8.71. The minimum Gasteiger partial charge on any atom is -0.292 e. The number of aromatic nitrogens is 1. The van der Waals surface area contributed by atoms with E-state index in [4.69, 9.17) is 0 Å². The predicted octanol–water partition coefficient (Wildman–Crippen LogP) is 2.93. The summed E-state index contributed by atoms with van der Waals surface area (Å²) in [6.07, 6.45) is 1.25. The van der Waals surface area contributed by atoms with Gasteiger partial charge in [-0.05, 0) is 25.5 Å². The lowest BCUT2D eigenvalue weighted by molar-refractivity contribution is 0.0987. The van der Waals surface area contributed by atoms with Gasteiger partial charge < -0.3 is 0 Å². The topological polar surface area (TPSA) is 30.0 Å². The third kappa shape index (κ3) is 2.80. The first kappa shape index (κ1) is 10.6. The summed E-state index contributed by atoms with van der Waals surface area (Å²) in [6.45, 7) is 7.69. The molecule has 74 valence electrons. The van der Waals surface area contributed by atoms with Crippen LogP contribution in [0, 0.1) is 6.92 Å². The SMILES string of the molecule is C=C(CC)CC(=O)c1cccc(C)n1. The third-order valence-electron chi connectivity index (χ3n) is 2.08. The van der Waals surface area contributed by atoms with Gasteiger partial charge in [-0.2, -0.15) is 0 Å². The van der Waals surface area contributed by atoms with Crippen molar-refractivity contribution >= 4 is 5.78 Å². The van der Waals surface area contributed by atoms with Crippen molar-refractivity contribution in [3.8, 4) is 0 Å². The third-order valence-corrected chi connectivity index (χ3v) is 2.08. The lowest BCUT2D eigenvalue weighted by atomic mass is 10.1. The van der Waals surface area contributed by atoms with Crippen molar-refractivity contribution in [2.75, 3.05) is 0 Å². The van der Waals surface area contributed by atoms with E-state index in [9.17, 15) is 4.79 Å². The fraction of sp³-hybridized carbons (Fsp3) is 0.333. The maximum absolute atomic E-state index is 11.6.